The molecule has 12 nitrogen and oxygen atoms in total. The van der Waals surface area contributed by atoms with Crippen LogP contribution in [0.1, 0.15) is 86.6 Å². The minimum Gasteiger partial charge on any atom is -0.468 e. The van der Waals surface area contributed by atoms with E-state index in [0.29, 0.717) is 12.0 Å². The van der Waals surface area contributed by atoms with Crippen LogP contribution in [0.4, 0.5) is 14.4 Å². The first-order chi connectivity index (χ1) is 19.9. The van der Waals surface area contributed by atoms with Crippen LogP contribution in [0, 0.1) is 10.8 Å². The van der Waals surface area contributed by atoms with E-state index in [1.54, 1.807) is 6.92 Å². The Hall–Kier alpha value is -3.54. The molecule has 1 unspecified atom stereocenters. The van der Waals surface area contributed by atoms with Gasteiger partial charge in [0.25, 0.3) is 0 Å². The molecule has 0 aliphatic rings. The van der Waals surface area contributed by atoms with Crippen molar-refractivity contribution in [1.82, 2.24) is 0 Å². The molecular formula is C31H49NO11. The van der Waals surface area contributed by atoms with Gasteiger partial charge in [0.05, 0.1) is 26.9 Å². The van der Waals surface area contributed by atoms with E-state index in [1.165, 1.54) is 25.3 Å². The lowest BCUT2D eigenvalue weighted by molar-refractivity contribution is -0.148. The fourth-order valence-electron chi connectivity index (χ4n) is 3.67. The zero-order valence-electron chi connectivity index (χ0n) is 27.0. The van der Waals surface area contributed by atoms with Gasteiger partial charge in [0.1, 0.15) is 11.6 Å². The first-order valence-corrected chi connectivity index (χ1v) is 14.4. The molecule has 0 radical (unpaired) electrons. The van der Waals surface area contributed by atoms with Crippen molar-refractivity contribution < 1.29 is 52.3 Å². The Kier molecular flexibility index (Phi) is 14.8. The van der Waals surface area contributed by atoms with E-state index in [1.807, 2.05) is 48.5 Å². The van der Waals surface area contributed by atoms with Crippen LogP contribution in [0.25, 0.3) is 0 Å². The molecule has 1 aromatic rings. The molecule has 244 valence electrons. The standard InChI is InChI=1S/C31H49NO11/c1-10-11-12-15-38-26(34)41-21(2)17-31(32,25(33)37-9)18-22-13-14-23(42-27(35)39-19-29(3,4)5)24(16-22)43-28(36)40-20-30(6,7)8/h13-14,16,21H,10-12,15,17-20,32H2,1-9H3/t21-,31?/m0/s1. The molecule has 0 aromatic heterocycles. The average Bonchev–Trinajstić information content (AvgIpc) is 2.88. The minimum absolute atomic E-state index is 0.0719. The second-order valence-corrected chi connectivity index (χ2v) is 12.9. The largest absolute Gasteiger partial charge is 0.513 e. The van der Waals surface area contributed by atoms with E-state index < -0.39 is 36.1 Å². The second-order valence-electron chi connectivity index (χ2n) is 12.9. The molecule has 2 N–H and O–H groups in total. The van der Waals surface area contributed by atoms with Crippen molar-refractivity contribution in [2.45, 2.75) is 99.1 Å². The normalized spacial score (nSPS) is 13.6. The summed E-state index contributed by atoms with van der Waals surface area (Å²) in [5, 5.41) is 0. The monoisotopic (exact) mass is 611 g/mol. The number of carbonyl (C=O) groups excluding carboxylic acids is 4. The Morgan fingerprint density at radius 2 is 1.37 bits per heavy atom. The molecule has 0 fully saturated rings. The molecule has 0 aliphatic carbocycles. The Morgan fingerprint density at radius 1 is 0.814 bits per heavy atom. The number of unbranched alkanes of at least 4 members (excludes halogenated alkanes) is 2. The summed E-state index contributed by atoms with van der Waals surface area (Å²) < 4.78 is 36.4. The Balaban J connectivity index is 3.18. The Morgan fingerprint density at radius 3 is 1.88 bits per heavy atom. The van der Waals surface area contributed by atoms with Gasteiger partial charge in [-0.15, -0.1) is 0 Å². The minimum atomic E-state index is -1.64. The van der Waals surface area contributed by atoms with Crippen molar-refractivity contribution in [1.29, 1.82) is 0 Å². The fourth-order valence-corrected chi connectivity index (χ4v) is 3.67. The maximum atomic E-state index is 12.8. The van der Waals surface area contributed by atoms with Crippen LogP contribution < -0.4 is 15.2 Å². The molecule has 0 aliphatic heterocycles. The quantitative estimate of drug-likeness (QED) is 0.108. The third-order valence-corrected chi connectivity index (χ3v) is 5.67. The summed E-state index contributed by atoms with van der Waals surface area (Å²) in [6.45, 7) is 15.3. The Bertz CT molecular complexity index is 1070. The van der Waals surface area contributed by atoms with E-state index in [4.69, 9.17) is 38.9 Å². The number of hydrogen-bond acceptors (Lipinski definition) is 12. The first-order valence-electron chi connectivity index (χ1n) is 14.4. The lowest BCUT2D eigenvalue weighted by atomic mass is 9.86. The predicted octanol–water partition coefficient (Wildman–Crippen LogP) is 6.34. The van der Waals surface area contributed by atoms with Crippen molar-refractivity contribution >= 4 is 24.4 Å². The van der Waals surface area contributed by atoms with Gasteiger partial charge in [-0.05, 0) is 41.9 Å². The van der Waals surface area contributed by atoms with Crippen molar-refractivity contribution in [3.63, 3.8) is 0 Å². The van der Waals surface area contributed by atoms with Crippen LogP contribution in [0.5, 0.6) is 11.5 Å². The topological polar surface area (TPSA) is 159 Å². The summed E-state index contributed by atoms with van der Waals surface area (Å²) in [7, 11) is 1.19. The van der Waals surface area contributed by atoms with E-state index >= 15 is 0 Å². The molecule has 2 atom stereocenters. The third kappa shape index (κ3) is 15.5. The van der Waals surface area contributed by atoms with Crippen LogP contribution in [0.2, 0.25) is 0 Å². The summed E-state index contributed by atoms with van der Waals surface area (Å²) >= 11 is 0. The first kappa shape index (κ1) is 37.5. The third-order valence-electron chi connectivity index (χ3n) is 5.67. The fraction of sp³-hybridized carbons (Fsp3) is 0.677. The van der Waals surface area contributed by atoms with Gasteiger partial charge in [-0.1, -0.05) is 67.4 Å². The number of hydrogen-bond donors (Lipinski definition) is 1. The number of benzene rings is 1. The number of rotatable bonds is 14. The van der Waals surface area contributed by atoms with Crippen LogP contribution in [-0.4, -0.2) is 63.0 Å². The van der Waals surface area contributed by atoms with Crippen LogP contribution >= 0.6 is 0 Å². The maximum Gasteiger partial charge on any atom is 0.513 e. The van der Waals surface area contributed by atoms with E-state index in [9.17, 15) is 19.2 Å². The molecule has 1 rings (SSSR count). The van der Waals surface area contributed by atoms with Crippen molar-refractivity contribution in [2.75, 3.05) is 26.9 Å². The van der Waals surface area contributed by atoms with Gasteiger partial charge in [0, 0.05) is 12.8 Å². The number of carbonyl (C=O) groups is 4. The molecule has 43 heavy (non-hydrogen) atoms. The molecule has 0 saturated heterocycles. The highest BCUT2D eigenvalue weighted by molar-refractivity contribution is 5.81. The van der Waals surface area contributed by atoms with Gasteiger partial charge in [-0.3, -0.25) is 4.79 Å². The molecule has 0 heterocycles. The molecule has 1 aromatic carbocycles. The van der Waals surface area contributed by atoms with Gasteiger partial charge in [-0.2, -0.15) is 0 Å². The lowest BCUT2D eigenvalue weighted by Crippen LogP contribution is -2.53. The molecule has 0 saturated carbocycles. The van der Waals surface area contributed by atoms with Gasteiger partial charge in [0.15, 0.2) is 11.5 Å². The smallest absolute Gasteiger partial charge is 0.468 e. The highest BCUT2D eigenvalue weighted by Crippen LogP contribution is 2.32. The van der Waals surface area contributed by atoms with Crippen molar-refractivity contribution in [2.24, 2.45) is 16.6 Å². The summed E-state index contributed by atoms with van der Waals surface area (Å²) in [6.07, 6.45) is -1.29. The maximum absolute atomic E-state index is 12.8. The number of nitrogens with two attached hydrogens (primary N) is 1. The van der Waals surface area contributed by atoms with Gasteiger partial charge >= 0.3 is 24.4 Å². The van der Waals surface area contributed by atoms with Crippen LogP contribution in [0.15, 0.2) is 18.2 Å². The van der Waals surface area contributed by atoms with E-state index in [2.05, 4.69) is 0 Å². The lowest BCUT2D eigenvalue weighted by Gasteiger charge is -2.29. The van der Waals surface area contributed by atoms with Gasteiger partial charge in [0.2, 0.25) is 0 Å². The zero-order valence-corrected chi connectivity index (χ0v) is 27.0. The second kappa shape index (κ2) is 16.9. The summed E-state index contributed by atoms with van der Waals surface area (Å²) in [5.74, 6) is -1.02. The van der Waals surface area contributed by atoms with Gasteiger partial charge in [-0.25, -0.2) is 14.4 Å². The van der Waals surface area contributed by atoms with Crippen LogP contribution in [0.3, 0.4) is 0 Å². The van der Waals surface area contributed by atoms with Gasteiger partial charge < -0.3 is 38.9 Å². The highest BCUT2D eigenvalue weighted by atomic mass is 16.7. The molecule has 0 bridgehead atoms. The summed E-state index contributed by atoms with van der Waals surface area (Å²) in [4.78, 5) is 49.7. The summed E-state index contributed by atoms with van der Waals surface area (Å²) in [5.41, 5.74) is 4.66. The van der Waals surface area contributed by atoms with Crippen LogP contribution in [-0.2, 0) is 34.9 Å². The zero-order chi connectivity index (χ0) is 32.8. The molecule has 0 spiro atoms. The summed E-state index contributed by atoms with van der Waals surface area (Å²) in [6, 6.07) is 4.31. The molecule has 12 heteroatoms. The number of esters is 1. The molecular weight excluding hydrogens is 562 g/mol. The Labute approximate surface area is 254 Å². The number of ether oxygens (including phenoxy) is 7. The average molecular weight is 612 g/mol. The number of methoxy groups -OCH3 is 1. The van der Waals surface area contributed by atoms with Crippen molar-refractivity contribution in [3.8, 4) is 11.5 Å². The molecule has 0 amide bonds. The van der Waals surface area contributed by atoms with Crippen molar-refractivity contribution in [3.05, 3.63) is 23.8 Å². The SMILES string of the molecule is CCCCCOC(=O)O[C@@H](C)CC(N)(Cc1ccc(OC(=O)OCC(C)(C)C)c(OC(=O)OCC(C)(C)C)c1)C(=O)OC. The predicted molar refractivity (Wildman–Crippen MR) is 158 cm³/mol. The van der Waals surface area contributed by atoms with E-state index in [0.717, 1.165) is 12.8 Å². The van der Waals surface area contributed by atoms with E-state index in [-0.39, 0.29) is 55.0 Å². The highest BCUT2D eigenvalue weighted by Gasteiger charge is 2.38.